The first-order valence-electron chi connectivity index (χ1n) is 9.04. The molecule has 1 aromatic rings. The number of piperidine rings is 1. The standard InChI is InChI=1S/C19H27N3O2/c1-14-5-4-10-22(13-14)19(24)20-12-15-6-2-9-17(11-15)21-18(23)16-7-3-8-16/h2,6,9,11,14,16H,3-5,7-8,10,12-13H2,1H3,(H,20,24)(H,21,23). The van der Waals surface area contributed by atoms with Crippen LogP contribution >= 0.6 is 0 Å². The summed E-state index contributed by atoms with van der Waals surface area (Å²) in [5.41, 5.74) is 1.81. The van der Waals surface area contributed by atoms with E-state index in [1.54, 1.807) is 0 Å². The maximum Gasteiger partial charge on any atom is 0.317 e. The molecule has 1 unspecified atom stereocenters. The van der Waals surface area contributed by atoms with E-state index < -0.39 is 0 Å². The second kappa shape index (κ2) is 7.69. The number of rotatable bonds is 4. The lowest BCUT2D eigenvalue weighted by atomic mass is 9.85. The molecule has 2 N–H and O–H groups in total. The molecule has 5 nitrogen and oxygen atoms in total. The van der Waals surface area contributed by atoms with Crippen molar-refractivity contribution in [3.63, 3.8) is 0 Å². The minimum Gasteiger partial charge on any atom is -0.334 e. The number of anilines is 1. The molecule has 2 aliphatic rings. The van der Waals surface area contributed by atoms with Crippen LogP contribution in [0.5, 0.6) is 0 Å². The zero-order chi connectivity index (χ0) is 16.9. The molecule has 5 heteroatoms. The summed E-state index contributed by atoms with van der Waals surface area (Å²) < 4.78 is 0. The van der Waals surface area contributed by atoms with Crippen molar-refractivity contribution in [2.24, 2.45) is 11.8 Å². The number of benzene rings is 1. The Hall–Kier alpha value is -2.04. The first kappa shape index (κ1) is 16.8. The van der Waals surface area contributed by atoms with Gasteiger partial charge in [0.25, 0.3) is 0 Å². The van der Waals surface area contributed by atoms with E-state index in [1.807, 2.05) is 29.2 Å². The monoisotopic (exact) mass is 329 g/mol. The molecule has 1 saturated carbocycles. The van der Waals surface area contributed by atoms with Crippen LogP contribution in [0.15, 0.2) is 24.3 Å². The van der Waals surface area contributed by atoms with Crippen LogP contribution in [-0.2, 0) is 11.3 Å². The van der Waals surface area contributed by atoms with Gasteiger partial charge in [0.05, 0.1) is 0 Å². The van der Waals surface area contributed by atoms with Crippen molar-refractivity contribution in [3.8, 4) is 0 Å². The van der Waals surface area contributed by atoms with Gasteiger partial charge in [-0.1, -0.05) is 25.5 Å². The third kappa shape index (κ3) is 4.28. The Balaban J connectivity index is 1.50. The fourth-order valence-corrected chi connectivity index (χ4v) is 3.34. The minimum absolute atomic E-state index is 0.00505. The van der Waals surface area contributed by atoms with Gasteiger partial charge in [-0.25, -0.2) is 4.79 Å². The van der Waals surface area contributed by atoms with Crippen LogP contribution in [0.3, 0.4) is 0 Å². The topological polar surface area (TPSA) is 61.4 Å². The van der Waals surface area contributed by atoms with E-state index in [4.69, 9.17) is 0 Å². The number of hydrogen-bond donors (Lipinski definition) is 2. The quantitative estimate of drug-likeness (QED) is 0.890. The molecule has 24 heavy (non-hydrogen) atoms. The molecule has 1 aromatic carbocycles. The average Bonchev–Trinajstić information content (AvgIpc) is 2.51. The Morgan fingerprint density at radius 2 is 2.04 bits per heavy atom. The molecule has 2 fully saturated rings. The van der Waals surface area contributed by atoms with E-state index in [2.05, 4.69) is 17.6 Å². The first-order chi connectivity index (χ1) is 11.6. The lowest BCUT2D eigenvalue weighted by Gasteiger charge is -2.31. The molecule has 1 aliphatic heterocycles. The maximum absolute atomic E-state index is 12.3. The average molecular weight is 329 g/mol. The molecular formula is C19H27N3O2. The third-order valence-corrected chi connectivity index (χ3v) is 5.06. The van der Waals surface area contributed by atoms with E-state index in [9.17, 15) is 9.59 Å². The predicted octanol–water partition coefficient (Wildman–Crippen LogP) is 3.37. The van der Waals surface area contributed by atoms with Crippen molar-refractivity contribution in [3.05, 3.63) is 29.8 Å². The van der Waals surface area contributed by atoms with Crippen LogP contribution in [0.4, 0.5) is 10.5 Å². The molecule has 1 heterocycles. The summed E-state index contributed by atoms with van der Waals surface area (Å²) in [4.78, 5) is 26.2. The van der Waals surface area contributed by atoms with Gasteiger partial charge in [-0.2, -0.15) is 0 Å². The fourth-order valence-electron chi connectivity index (χ4n) is 3.34. The van der Waals surface area contributed by atoms with Gasteiger partial charge in [0.1, 0.15) is 0 Å². The van der Waals surface area contributed by atoms with Crippen LogP contribution in [-0.4, -0.2) is 29.9 Å². The number of urea groups is 1. The Kier molecular flexibility index (Phi) is 5.38. The number of carbonyl (C=O) groups is 2. The summed E-state index contributed by atoms with van der Waals surface area (Å²) in [6.45, 7) is 4.35. The van der Waals surface area contributed by atoms with Crippen LogP contribution in [0.1, 0.15) is 44.6 Å². The lowest BCUT2D eigenvalue weighted by molar-refractivity contribution is -0.122. The molecule has 0 aromatic heterocycles. The molecule has 1 saturated heterocycles. The molecule has 0 bridgehead atoms. The summed E-state index contributed by atoms with van der Waals surface area (Å²) in [6.07, 6.45) is 5.43. The van der Waals surface area contributed by atoms with Crippen LogP contribution in [0.25, 0.3) is 0 Å². The second-order valence-corrected chi connectivity index (χ2v) is 7.17. The van der Waals surface area contributed by atoms with Gasteiger partial charge in [0.15, 0.2) is 0 Å². The number of amides is 3. The summed E-state index contributed by atoms with van der Waals surface area (Å²) in [5.74, 6) is 0.869. The van der Waals surface area contributed by atoms with Crippen LogP contribution in [0, 0.1) is 11.8 Å². The third-order valence-electron chi connectivity index (χ3n) is 5.06. The molecular weight excluding hydrogens is 302 g/mol. The van der Waals surface area contributed by atoms with E-state index in [0.717, 1.165) is 50.0 Å². The predicted molar refractivity (Wildman–Crippen MR) is 94.6 cm³/mol. The highest BCUT2D eigenvalue weighted by Gasteiger charge is 2.25. The van der Waals surface area contributed by atoms with Gasteiger partial charge in [-0.3, -0.25) is 4.79 Å². The molecule has 0 spiro atoms. The molecule has 1 atom stereocenters. The highest BCUT2D eigenvalue weighted by molar-refractivity contribution is 5.93. The van der Waals surface area contributed by atoms with Crippen molar-refractivity contribution < 1.29 is 9.59 Å². The van der Waals surface area contributed by atoms with Crippen molar-refractivity contribution in [1.82, 2.24) is 10.2 Å². The number of likely N-dealkylation sites (tertiary alicyclic amines) is 1. The zero-order valence-corrected chi connectivity index (χ0v) is 14.4. The first-order valence-corrected chi connectivity index (χ1v) is 9.04. The van der Waals surface area contributed by atoms with Gasteiger partial charge in [0, 0.05) is 31.2 Å². The van der Waals surface area contributed by atoms with Crippen molar-refractivity contribution in [1.29, 1.82) is 0 Å². The highest BCUT2D eigenvalue weighted by Crippen LogP contribution is 2.27. The Bertz CT molecular complexity index is 598. The smallest absolute Gasteiger partial charge is 0.317 e. The zero-order valence-electron chi connectivity index (χ0n) is 14.4. The molecule has 3 amide bonds. The van der Waals surface area contributed by atoms with E-state index in [-0.39, 0.29) is 17.9 Å². The summed E-state index contributed by atoms with van der Waals surface area (Å²) in [5, 5.41) is 5.97. The number of carbonyl (C=O) groups excluding carboxylic acids is 2. The number of hydrogen-bond acceptors (Lipinski definition) is 2. The normalized spacial score (nSPS) is 21.0. The molecule has 3 rings (SSSR count). The van der Waals surface area contributed by atoms with Crippen molar-refractivity contribution in [2.75, 3.05) is 18.4 Å². The number of nitrogens with zero attached hydrogens (tertiary/aromatic N) is 1. The van der Waals surface area contributed by atoms with Gasteiger partial charge < -0.3 is 15.5 Å². The van der Waals surface area contributed by atoms with E-state index in [1.165, 1.54) is 6.42 Å². The van der Waals surface area contributed by atoms with Crippen LogP contribution < -0.4 is 10.6 Å². The molecule has 1 aliphatic carbocycles. The van der Waals surface area contributed by atoms with E-state index in [0.29, 0.717) is 12.5 Å². The Labute approximate surface area is 143 Å². The summed E-state index contributed by atoms with van der Waals surface area (Å²) in [6, 6.07) is 7.73. The minimum atomic E-state index is 0.00505. The molecule has 0 radical (unpaired) electrons. The van der Waals surface area contributed by atoms with Crippen LogP contribution in [0.2, 0.25) is 0 Å². The SMILES string of the molecule is CC1CCCN(C(=O)NCc2cccc(NC(=O)C3CCC3)c2)C1. The number of nitrogens with one attached hydrogen (secondary N) is 2. The maximum atomic E-state index is 12.3. The Morgan fingerprint density at radius 3 is 2.75 bits per heavy atom. The summed E-state index contributed by atoms with van der Waals surface area (Å²) >= 11 is 0. The van der Waals surface area contributed by atoms with E-state index >= 15 is 0 Å². The van der Waals surface area contributed by atoms with Crippen molar-refractivity contribution in [2.45, 2.75) is 45.6 Å². The highest BCUT2D eigenvalue weighted by atomic mass is 16.2. The lowest BCUT2D eigenvalue weighted by Crippen LogP contribution is -2.44. The van der Waals surface area contributed by atoms with Gasteiger partial charge in [-0.05, 0) is 49.3 Å². The second-order valence-electron chi connectivity index (χ2n) is 7.17. The summed E-state index contributed by atoms with van der Waals surface area (Å²) in [7, 11) is 0. The van der Waals surface area contributed by atoms with Gasteiger partial charge in [0.2, 0.25) is 5.91 Å². The Morgan fingerprint density at radius 1 is 1.21 bits per heavy atom. The fraction of sp³-hybridized carbons (Fsp3) is 0.579. The molecule has 130 valence electrons. The van der Waals surface area contributed by atoms with Gasteiger partial charge >= 0.3 is 6.03 Å². The largest absolute Gasteiger partial charge is 0.334 e. The van der Waals surface area contributed by atoms with Crippen molar-refractivity contribution >= 4 is 17.6 Å². The van der Waals surface area contributed by atoms with Gasteiger partial charge in [-0.15, -0.1) is 0 Å².